The first-order chi connectivity index (χ1) is 3.79. The minimum absolute atomic E-state index is 0.175. The van der Waals surface area contributed by atoms with E-state index in [2.05, 4.69) is 11.3 Å². The van der Waals surface area contributed by atoms with Gasteiger partial charge in [0.05, 0.1) is 11.5 Å². The van der Waals surface area contributed by atoms with E-state index in [0.717, 1.165) is 5.75 Å². The van der Waals surface area contributed by atoms with Crippen LogP contribution in [0.4, 0.5) is 0 Å². The Balaban J connectivity index is 2.45. The van der Waals surface area contributed by atoms with Gasteiger partial charge in [0.15, 0.2) is 0 Å². The van der Waals surface area contributed by atoms with Crippen LogP contribution in [0.2, 0.25) is 0 Å². The fourth-order valence-corrected chi connectivity index (χ4v) is 1.08. The van der Waals surface area contributed by atoms with Crippen LogP contribution < -0.4 is 0 Å². The van der Waals surface area contributed by atoms with Crippen molar-refractivity contribution in [2.24, 2.45) is 0 Å². The maximum Gasteiger partial charge on any atom is 0.320 e. The average molecular weight is 130 g/mol. The van der Waals surface area contributed by atoms with E-state index in [1.807, 2.05) is 0 Å². The number of thioether (sulfide) groups is 1. The lowest BCUT2D eigenvalue weighted by Crippen LogP contribution is -2.13. The average Bonchev–Trinajstić information content (AvgIpc) is 1.64. The number of carbonyl (C=O) groups excluding carboxylic acids is 1. The van der Waals surface area contributed by atoms with Gasteiger partial charge in [-0.1, -0.05) is 6.58 Å². The fourth-order valence-electron chi connectivity index (χ4n) is 0.468. The van der Waals surface area contributed by atoms with Gasteiger partial charge in [-0.05, 0) is 0 Å². The molecule has 1 fully saturated rings. The first kappa shape index (κ1) is 5.69. The summed E-state index contributed by atoms with van der Waals surface area (Å²) in [5, 5.41) is 0. The second kappa shape index (κ2) is 2.22. The van der Waals surface area contributed by atoms with Crippen molar-refractivity contribution in [3.05, 3.63) is 12.3 Å². The molecule has 0 amide bonds. The van der Waals surface area contributed by atoms with Gasteiger partial charge in [0.2, 0.25) is 0 Å². The first-order valence-electron chi connectivity index (χ1n) is 2.25. The Bertz CT molecular complexity index is 116. The number of esters is 1. The van der Waals surface area contributed by atoms with Gasteiger partial charge in [0.1, 0.15) is 5.76 Å². The number of ether oxygens (including phenoxy) is 1. The molecule has 1 aliphatic heterocycles. The van der Waals surface area contributed by atoms with Crippen molar-refractivity contribution in [3.63, 3.8) is 0 Å². The van der Waals surface area contributed by atoms with Crippen molar-refractivity contribution in [2.45, 2.75) is 0 Å². The van der Waals surface area contributed by atoms with E-state index in [4.69, 9.17) is 0 Å². The van der Waals surface area contributed by atoms with Gasteiger partial charge < -0.3 is 4.74 Å². The number of hydrogen-bond acceptors (Lipinski definition) is 3. The second-order valence-corrected chi connectivity index (χ2v) is 2.49. The molecule has 0 radical (unpaired) electrons. The van der Waals surface area contributed by atoms with Crippen molar-refractivity contribution in [1.82, 2.24) is 0 Å². The maximum absolute atomic E-state index is 10.4. The molecular formula is C5H6O2S. The monoisotopic (exact) mass is 130 g/mol. The second-order valence-electron chi connectivity index (χ2n) is 1.51. The Labute approximate surface area is 51.9 Å². The van der Waals surface area contributed by atoms with E-state index in [1.165, 1.54) is 11.8 Å². The van der Waals surface area contributed by atoms with E-state index in [9.17, 15) is 4.79 Å². The summed E-state index contributed by atoms with van der Waals surface area (Å²) in [6.07, 6.45) is 0. The molecule has 1 aliphatic rings. The number of carbonyl (C=O) groups is 1. The molecule has 0 bridgehead atoms. The third kappa shape index (κ3) is 1.26. The van der Waals surface area contributed by atoms with Crippen LogP contribution >= 0.6 is 11.8 Å². The third-order valence-electron chi connectivity index (χ3n) is 0.741. The zero-order chi connectivity index (χ0) is 5.98. The minimum atomic E-state index is -0.175. The van der Waals surface area contributed by atoms with Crippen molar-refractivity contribution in [3.8, 4) is 0 Å². The summed E-state index contributed by atoms with van der Waals surface area (Å²) in [5.41, 5.74) is 0. The molecule has 0 saturated carbocycles. The Hall–Kier alpha value is -0.440. The van der Waals surface area contributed by atoms with Gasteiger partial charge in [-0.25, -0.2) is 0 Å². The summed E-state index contributed by atoms with van der Waals surface area (Å²) in [5.74, 6) is 1.63. The van der Waals surface area contributed by atoms with Crippen molar-refractivity contribution in [1.29, 1.82) is 0 Å². The lowest BCUT2D eigenvalue weighted by atomic mass is 10.6. The van der Waals surface area contributed by atoms with Crippen LogP contribution in [0.5, 0.6) is 0 Å². The van der Waals surface area contributed by atoms with E-state index in [-0.39, 0.29) is 5.97 Å². The SMILES string of the molecule is C=C1CSCC(=O)O1. The molecule has 1 saturated heterocycles. The molecule has 0 atom stereocenters. The highest BCUT2D eigenvalue weighted by Gasteiger charge is 2.11. The van der Waals surface area contributed by atoms with Crippen LogP contribution in [0, 0.1) is 0 Å². The van der Waals surface area contributed by atoms with Crippen molar-refractivity contribution in [2.75, 3.05) is 11.5 Å². The van der Waals surface area contributed by atoms with E-state index in [0.29, 0.717) is 11.5 Å². The van der Waals surface area contributed by atoms with Crippen molar-refractivity contribution < 1.29 is 9.53 Å². The molecule has 0 aromatic heterocycles. The lowest BCUT2D eigenvalue weighted by molar-refractivity contribution is -0.136. The first-order valence-corrected chi connectivity index (χ1v) is 3.41. The van der Waals surface area contributed by atoms with Gasteiger partial charge in [-0.15, -0.1) is 11.8 Å². The molecule has 0 unspecified atom stereocenters. The van der Waals surface area contributed by atoms with Crippen LogP contribution in [-0.2, 0) is 9.53 Å². The predicted molar refractivity (Wildman–Crippen MR) is 32.6 cm³/mol. The van der Waals surface area contributed by atoms with Crippen LogP contribution in [0.1, 0.15) is 0 Å². The largest absolute Gasteiger partial charge is 0.430 e. The molecular weight excluding hydrogens is 124 g/mol. The highest BCUT2D eigenvalue weighted by molar-refractivity contribution is 8.00. The molecule has 0 N–H and O–H groups in total. The zero-order valence-corrected chi connectivity index (χ0v) is 5.16. The zero-order valence-electron chi connectivity index (χ0n) is 4.35. The number of rotatable bonds is 0. The standard InChI is InChI=1S/C5H6O2S/c1-4-2-8-3-5(6)7-4/h1-3H2. The molecule has 0 spiro atoms. The van der Waals surface area contributed by atoms with E-state index < -0.39 is 0 Å². The fraction of sp³-hybridized carbons (Fsp3) is 0.400. The van der Waals surface area contributed by atoms with Gasteiger partial charge in [-0.2, -0.15) is 0 Å². The van der Waals surface area contributed by atoms with Crippen molar-refractivity contribution >= 4 is 17.7 Å². The summed E-state index contributed by atoms with van der Waals surface area (Å²) in [7, 11) is 0. The number of hydrogen-bond donors (Lipinski definition) is 0. The summed E-state index contributed by atoms with van der Waals surface area (Å²) < 4.78 is 4.63. The highest BCUT2D eigenvalue weighted by atomic mass is 32.2. The van der Waals surface area contributed by atoms with Gasteiger partial charge in [-0.3, -0.25) is 4.79 Å². The molecule has 3 heteroatoms. The van der Waals surface area contributed by atoms with Crippen LogP contribution in [0.3, 0.4) is 0 Å². The third-order valence-corrected chi connectivity index (χ3v) is 1.71. The smallest absolute Gasteiger partial charge is 0.320 e. The molecule has 1 heterocycles. The maximum atomic E-state index is 10.4. The lowest BCUT2D eigenvalue weighted by Gasteiger charge is -2.10. The molecule has 44 valence electrons. The summed E-state index contributed by atoms with van der Waals surface area (Å²) in [4.78, 5) is 10.4. The van der Waals surface area contributed by atoms with Gasteiger partial charge in [0.25, 0.3) is 0 Å². The summed E-state index contributed by atoms with van der Waals surface area (Å²) in [6.45, 7) is 3.50. The topological polar surface area (TPSA) is 26.3 Å². The predicted octanol–water partition coefficient (Wildman–Crippen LogP) is 0.790. The van der Waals surface area contributed by atoms with Crippen LogP contribution in [0.15, 0.2) is 12.3 Å². The quantitative estimate of drug-likeness (QED) is 0.453. The molecule has 1 rings (SSSR count). The van der Waals surface area contributed by atoms with E-state index in [1.54, 1.807) is 0 Å². The molecule has 0 aromatic rings. The van der Waals surface area contributed by atoms with Crippen LogP contribution in [-0.4, -0.2) is 17.5 Å². The molecule has 0 aromatic carbocycles. The summed E-state index contributed by atoms with van der Waals surface area (Å²) in [6, 6.07) is 0. The van der Waals surface area contributed by atoms with Gasteiger partial charge >= 0.3 is 5.97 Å². The normalized spacial score (nSPS) is 20.5. The molecule has 0 aliphatic carbocycles. The molecule has 8 heavy (non-hydrogen) atoms. The highest BCUT2D eigenvalue weighted by Crippen LogP contribution is 2.14. The summed E-state index contributed by atoms with van der Waals surface area (Å²) >= 11 is 1.54. The Morgan fingerprint density at radius 1 is 1.62 bits per heavy atom. The number of cyclic esters (lactones) is 1. The van der Waals surface area contributed by atoms with Gasteiger partial charge in [0, 0.05) is 0 Å². The Morgan fingerprint density at radius 2 is 2.38 bits per heavy atom. The Kier molecular flexibility index (Phi) is 1.58. The molecule has 2 nitrogen and oxygen atoms in total. The van der Waals surface area contributed by atoms with E-state index >= 15 is 0 Å². The van der Waals surface area contributed by atoms with Crippen LogP contribution in [0.25, 0.3) is 0 Å². The minimum Gasteiger partial charge on any atom is -0.430 e. The Morgan fingerprint density at radius 3 is 2.75 bits per heavy atom.